The lowest BCUT2D eigenvalue weighted by molar-refractivity contribution is -0.141. The maximum Gasteiger partial charge on any atom is 0.305 e. The van der Waals surface area contributed by atoms with Gasteiger partial charge in [0, 0.05) is 6.61 Å². The van der Waals surface area contributed by atoms with Gasteiger partial charge in [0.15, 0.2) is 6.10 Å². The van der Waals surface area contributed by atoms with Crippen LogP contribution in [0.2, 0.25) is 0 Å². The Hall–Kier alpha value is -1.88. The second-order valence-corrected chi connectivity index (χ2v) is 5.29. The van der Waals surface area contributed by atoms with E-state index in [-0.39, 0.29) is 12.3 Å². The van der Waals surface area contributed by atoms with E-state index in [2.05, 4.69) is 5.32 Å². The van der Waals surface area contributed by atoms with Gasteiger partial charge in [-0.2, -0.15) is 0 Å². The molecule has 0 aromatic heterocycles. The SMILES string of the molecule is CCOC(C(=O)NC(CC)(CC)CC(=O)O)c1ccccc1. The van der Waals surface area contributed by atoms with E-state index in [1.807, 2.05) is 51.1 Å². The molecule has 1 aromatic carbocycles. The highest BCUT2D eigenvalue weighted by molar-refractivity contribution is 5.83. The highest BCUT2D eigenvalue weighted by atomic mass is 16.5. The molecule has 0 aliphatic rings. The maximum absolute atomic E-state index is 12.6. The van der Waals surface area contributed by atoms with Crippen LogP contribution in [0.4, 0.5) is 0 Å². The third-order valence-corrected chi connectivity index (χ3v) is 3.91. The average molecular weight is 307 g/mol. The van der Waals surface area contributed by atoms with Crippen molar-refractivity contribution in [3.8, 4) is 0 Å². The molecule has 1 aromatic rings. The lowest BCUT2D eigenvalue weighted by atomic mass is 9.88. The van der Waals surface area contributed by atoms with Crippen LogP contribution in [-0.4, -0.2) is 29.1 Å². The van der Waals surface area contributed by atoms with Gasteiger partial charge in [-0.25, -0.2) is 0 Å². The molecule has 0 fully saturated rings. The number of aliphatic carboxylic acids is 1. The fourth-order valence-electron chi connectivity index (χ4n) is 2.46. The molecule has 0 spiro atoms. The van der Waals surface area contributed by atoms with E-state index in [1.165, 1.54) is 0 Å². The van der Waals surface area contributed by atoms with E-state index in [0.717, 1.165) is 5.56 Å². The highest BCUT2D eigenvalue weighted by Crippen LogP contribution is 2.24. The molecule has 2 N–H and O–H groups in total. The Kier molecular flexibility index (Phi) is 7.05. The first-order valence-electron chi connectivity index (χ1n) is 7.68. The molecule has 0 aliphatic carbocycles. The Morgan fingerprint density at radius 2 is 1.77 bits per heavy atom. The van der Waals surface area contributed by atoms with Crippen molar-refractivity contribution in [1.29, 1.82) is 0 Å². The van der Waals surface area contributed by atoms with Crippen molar-refractivity contribution < 1.29 is 19.4 Å². The van der Waals surface area contributed by atoms with Gasteiger partial charge >= 0.3 is 5.97 Å². The summed E-state index contributed by atoms with van der Waals surface area (Å²) in [5.41, 5.74) is 0.0193. The fraction of sp³-hybridized carbons (Fsp3) is 0.529. The Morgan fingerprint density at radius 3 is 2.23 bits per heavy atom. The van der Waals surface area contributed by atoms with E-state index in [9.17, 15) is 9.59 Å². The first-order valence-corrected chi connectivity index (χ1v) is 7.68. The van der Waals surface area contributed by atoms with Gasteiger partial charge in [0.05, 0.1) is 12.0 Å². The van der Waals surface area contributed by atoms with Crippen molar-refractivity contribution in [1.82, 2.24) is 5.32 Å². The quantitative estimate of drug-likeness (QED) is 0.735. The molecule has 5 nitrogen and oxygen atoms in total. The number of carbonyl (C=O) groups excluding carboxylic acids is 1. The Bertz CT molecular complexity index is 483. The molecule has 22 heavy (non-hydrogen) atoms. The third kappa shape index (κ3) is 4.84. The van der Waals surface area contributed by atoms with Gasteiger partial charge < -0.3 is 15.2 Å². The second kappa shape index (κ2) is 8.54. The molecule has 1 atom stereocenters. The number of carboxylic acid groups (broad SMARTS) is 1. The molecule has 0 bridgehead atoms. The van der Waals surface area contributed by atoms with Gasteiger partial charge in [-0.05, 0) is 25.3 Å². The zero-order valence-electron chi connectivity index (χ0n) is 13.5. The summed E-state index contributed by atoms with van der Waals surface area (Å²) in [5.74, 6) is -1.21. The van der Waals surface area contributed by atoms with E-state index >= 15 is 0 Å². The van der Waals surface area contributed by atoms with Gasteiger partial charge in [-0.15, -0.1) is 0 Å². The van der Waals surface area contributed by atoms with Crippen molar-refractivity contribution >= 4 is 11.9 Å². The van der Waals surface area contributed by atoms with Crippen LogP contribution in [0.1, 0.15) is 51.7 Å². The highest BCUT2D eigenvalue weighted by Gasteiger charge is 2.34. The van der Waals surface area contributed by atoms with Crippen LogP contribution in [0.5, 0.6) is 0 Å². The number of benzene rings is 1. The molecule has 0 aliphatic heterocycles. The average Bonchev–Trinajstić information content (AvgIpc) is 2.52. The Labute approximate surface area is 131 Å². The number of carboxylic acids is 1. The van der Waals surface area contributed by atoms with Crippen LogP contribution in [0, 0.1) is 0 Å². The normalized spacial score (nSPS) is 12.7. The second-order valence-electron chi connectivity index (χ2n) is 5.29. The van der Waals surface area contributed by atoms with E-state index < -0.39 is 17.6 Å². The summed E-state index contributed by atoms with van der Waals surface area (Å²) in [5, 5.41) is 12.0. The zero-order valence-corrected chi connectivity index (χ0v) is 13.5. The lowest BCUT2D eigenvalue weighted by Crippen LogP contribution is -2.50. The van der Waals surface area contributed by atoms with Crippen LogP contribution < -0.4 is 5.32 Å². The molecule has 0 saturated carbocycles. The standard InChI is InChI=1S/C17H25NO4/c1-4-17(5-2,12-14(19)20)18-16(21)15(22-6-3)13-10-8-7-9-11-13/h7-11,15H,4-6,12H2,1-3H3,(H,18,21)(H,19,20). The van der Waals surface area contributed by atoms with Crippen molar-refractivity contribution in [3.63, 3.8) is 0 Å². The fourth-order valence-corrected chi connectivity index (χ4v) is 2.46. The summed E-state index contributed by atoms with van der Waals surface area (Å²) in [7, 11) is 0. The summed E-state index contributed by atoms with van der Waals surface area (Å²) in [6.45, 7) is 5.99. The van der Waals surface area contributed by atoms with E-state index in [1.54, 1.807) is 0 Å². The third-order valence-electron chi connectivity index (χ3n) is 3.91. The molecule has 0 radical (unpaired) electrons. The molecule has 1 unspecified atom stereocenters. The van der Waals surface area contributed by atoms with Gasteiger partial charge in [-0.1, -0.05) is 44.2 Å². The Morgan fingerprint density at radius 1 is 1.18 bits per heavy atom. The van der Waals surface area contributed by atoms with E-state index in [4.69, 9.17) is 9.84 Å². The van der Waals surface area contributed by atoms with Gasteiger partial charge in [-0.3, -0.25) is 9.59 Å². The van der Waals surface area contributed by atoms with Gasteiger partial charge in [0.25, 0.3) is 5.91 Å². The predicted octanol–water partition coefficient (Wildman–Crippen LogP) is 2.91. The van der Waals surface area contributed by atoms with Gasteiger partial charge in [0.1, 0.15) is 0 Å². The van der Waals surface area contributed by atoms with Crippen LogP contribution in [0.15, 0.2) is 30.3 Å². The first kappa shape index (κ1) is 18.2. The van der Waals surface area contributed by atoms with Crippen LogP contribution in [0.3, 0.4) is 0 Å². The smallest absolute Gasteiger partial charge is 0.305 e. The number of ether oxygens (including phenoxy) is 1. The molecule has 5 heteroatoms. The zero-order chi connectivity index (χ0) is 16.6. The molecule has 0 heterocycles. The molecule has 122 valence electrons. The predicted molar refractivity (Wildman–Crippen MR) is 84.5 cm³/mol. The topological polar surface area (TPSA) is 75.6 Å². The van der Waals surface area contributed by atoms with Crippen molar-refractivity contribution in [3.05, 3.63) is 35.9 Å². The van der Waals surface area contributed by atoms with Crippen molar-refractivity contribution in [2.24, 2.45) is 0 Å². The molecular formula is C17H25NO4. The van der Waals surface area contributed by atoms with E-state index in [0.29, 0.717) is 19.4 Å². The molecular weight excluding hydrogens is 282 g/mol. The maximum atomic E-state index is 12.6. The first-order chi connectivity index (χ1) is 10.5. The monoisotopic (exact) mass is 307 g/mol. The number of rotatable bonds is 9. The van der Waals surface area contributed by atoms with Crippen LogP contribution in [0.25, 0.3) is 0 Å². The molecule has 1 rings (SSSR count). The van der Waals surface area contributed by atoms with Crippen LogP contribution >= 0.6 is 0 Å². The minimum absolute atomic E-state index is 0.0978. The number of nitrogens with one attached hydrogen (secondary N) is 1. The largest absolute Gasteiger partial charge is 0.481 e. The summed E-state index contributed by atoms with van der Waals surface area (Å²) in [6, 6.07) is 9.22. The number of hydrogen-bond donors (Lipinski definition) is 2. The lowest BCUT2D eigenvalue weighted by Gasteiger charge is -2.33. The molecule has 1 amide bonds. The number of carbonyl (C=O) groups is 2. The van der Waals surface area contributed by atoms with Crippen LogP contribution in [-0.2, 0) is 14.3 Å². The summed E-state index contributed by atoms with van der Waals surface area (Å²) >= 11 is 0. The Balaban J connectivity index is 2.96. The number of hydrogen-bond acceptors (Lipinski definition) is 3. The van der Waals surface area contributed by atoms with Crippen molar-refractivity contribution in [2.75, 3.05) is 6.61 Å². The summed E-state index contributed by atoms with van der Waals surface area (Å²) < 4.78 is 5.57. The summed E-state index contributed by atoms with van der Waals surface area (Å²) in [4.78, 5) is 23.7. The summed E-state index contributed by atoms with van der Waals surface area (Å²) in [6.07, 6.45) is 0.279. The van der Waals surface area contributed by atoms with Gasteiger partial charge in [0.2, 0.25) is 0 Å². The number of amides is 1. The van der Waals surface area contributed by atoms with Crippen molar-refractivity contribution in [2.45, 2.75) is 51.7 Å². The molecule has 0 saturated heterocycles. The minimum Gasteiger partial charge on any atom is -0.481 e. The minimum atomic E-state index is -0.920.